The molecule has 0 fully saturated rings. The van der Waals surface area contributed by atoms with Crippen LogP contribution in [0, 0.1) is 6.92 Å². The Morgan fingerprint density at radius 2 is 1.83 bits per heavy atom. The summed E-state index contributed by atoms with van der Waals surface area (Å²) in [5.74, 6) is 1.82. The number of benzene rings is 3. The van der Waals surface area contributed by atoms with Crippen molar-refractivity contribution in [3.05, 3.63) is 65.7 Å². The molecule has 4 N–H and O–H groups in total. The van der Waals surface area contributed by atoms with Crippen molar-refractivity contribution in [3.8, 4) is 11.4 Å². The fourth-order valence-electron chi connectivity index (χ4n) is 5.03. The van der Waals surface area contributed by atoms with Crippen LogP contribution in [-0.4, -0.2) is 25.7 Å². The molecule has 3 heterocycles. The zero-order valence-electron chi connectivity index (χ0n) is 20.7. The zero-order valence-corrected chi connectivity index (χ0v) is 20.7. The second-order valence-electron chi connectivity index (χ2n) is 10.2. The highest BCUT2D eigenvalue weighted by atomic mass is 16.1. The number of carbonyl (C=O) groups is 1. The molecule has 0 radical (unpaired) electrons. The summed E-state index contributed by atoms with van der Waals surface area (Å²) >= 11 is 0. The molecule has 0 bridgehead atoms. The Morgan fingerprint density at radius 1 is 1.03 bits per heavy atom. The van der Waals surface area contributed by atoms with Crippen LogP contribution in [0.25, 0.3) is 33.2 Å². The number of nitrogens with one attached hydrogen (secondary N) is 2. The van der Waals surface area contributed by atoms with Gasteiger partial charge < -0.3 is 16.4 Å². The van der Waals surface area contributed by atoms with E-state index in [0.29, 0.717) is 23.9 Å². The largest absolute Gasteiger partial charge is 0.382 e. The normalized spacial score (nSPS) is 14.6. The average Bonchev–Trinajstić information content (AvgIpc) is 3.10. The number of hydrogen-bond acceptors (Lipinski definition) is 6. The van der Waals surface area contributed by atoms with Crippen LogP contribution >= 0.6 is 0 Å². The number of nitrogens with zero attached hydrogens (tertiary/aromatic N) is 4. The van der Waals surface area contributed by atoms with Crippen molar-refractivity contribution in [1.29, 1.82) is 0 Å². The van der Waals surface area contributed by atoms with Gasteiger partial charge in [0.25, 0.3) is 0 Å². The van der Waals surface area contributed by atoms with Crippen molar-refractivity contribution in [1.82, 2.24) is 19.7 Å². The van der Waals surface area contributed by atoms with E-state index in [1.54, 1.807) is 4.68 Å². The minimum atomic E-state index is -0.212. The van der Waals surface area contributed by atoms with Gasteiger partial charge in [-0.2, -0.15) is 5.10 Å². The maximum Gasteiger partial charge on any atom is 0.225 e. The quantitative estimate of drug-likeness (QED) is 0.319. The Bertz CT molecular complexity index is 1700. The van der Waals surface area contributed by atoms with E-state index in [2.05, 4.69) is 47.8 Å². The number of anilines is 4. The number of rotatable bonds is 3. The summed E-state index contributed by atoms with van der Waals surface area (Å²) in [6, 6.07) is 18.2. The summed E-state index contributed by atoms with van der Waals surface area (Å²) in [4.78, 5) is 22.1. The standard InChI is InChI=1S/C28H27N7O/c1-15-5-8-18-21(11-15)32-26(16-6-9-19-23(12-16)35(4)34-25(19)29)33-27(18)30-17-7-10-20-22(13-17)31-24(36)14-28(20,2)3/h5-13H,14H2,1-4H3,(H2,29,34)(H,31,36)(H,30,32,33). The Balaban J connectivity index is 1.47. The van der Waals surface area contributed by atoms with E-state index >= 15 is 0 Å². The molecular formula is C28H27N7O. The first kappa shape index (κ1) is 22.0. The molecule has 3 aromatic carbocycles. The van der Waals surface area contributed by atoms with E-state index in [9.17, 15) is 4.79 Å². The second-order valence-corrected chi connectivity index (χ2v) is 10.2. The van der Waals surface area contributed by atoms with Gasteiger partial charge in [0, 0.05) is 46.6 Å². The molecule has 1 aliphatic heterocycles. The van der Waals surface area contributed by atoms with Crippen LogP contribution in [0.1, 0.15) is 31.4 Å². The molecule has 180 valence electrons. The molecule has 0 atom stereocenters. The molecule has 0 unspecified atom stereocenters. The van der Waals surface area contributed by atoms with E-state index < -0.39 is 0 Å². The number of nitrogen functional groups attached to an aromatic ring is 1. The lowest BCUT2D eigenvalue weighted by molar-refractivity contribution is -0.117. The van der Waals surface area contributed by atoms with E-state index in [0.717, 1.165) is 49.9 Å². The lowest BCUT2D eigenvalue weighted by Crippen LogP contribution is -2.32. The third kappa shape index (κ3) is 3.62. The lowest BCUT2D eigenvalue weighted by atomic mass is 9.78. The van der Waals surface area contributed by atoms with E-state index in [4.69, 9.17) is 15.7 Å². The van der Waals surface area contributed by atoms with Gasteiger partial charge in [0.2, 0.25) is 5.91 Å². The number of carbonyl (C=O) groups excluding carboxylic acids is 1. The van der Waals surface area contributed by atoms with E-state index in [1.807, 2.05) is 50.4 Å². The van der Waals surface area contributed by atoms with Crippen LogP contribution in [0.5, 0.6) is 0 Å². The molecule has 1 amide bonds. The summed E-state index contributed by atoms with van der Waals surface area (Å²) in [6.07, 6.45) is 0.471. The van der Waals surface area contributed by atoms with Gasteiger partial charge in [-0.25, -0.2) is 9.97 Å². The van der Waals surface area contributed by atoms with Crippen molar-refractivity contribution in [2.75, 3.05) is 16.4 Å². The Kier molecular flexibility index (Phi) is 4.76. The molecule has 36 heavy (non-hydrogen) atoms. The predicted molar refractivity (Wildman–Crippen MR) is 144 cm³/mol. The van der Waals surface area contributed by atoms with Crippen LogP contribution in [0.2, 0.25) is 0 Å². The molecular weight excluding hydrogens is 450 g/mol. The summed E-state index contributed by atoms with van der Waals surface area (Å²) in [6.45, 7) is 6.24. The highest BCUT2D eigenvalue weighted by molar-refractivity contribution is 5.97. The summed E-state index contributed by atoms with van der Waals surface area (Å²) < 4.78 is 1.77. The van der Waals surface area contributed by atoms with Crippen LogP contribution in [-0.2, 0) is 17.3 Å². The molecule has 8 nitrogen and oxygen atoms in total. The monoisotopic (exact) mass is 477 g/mol. The van der Waals surface area contributed by atoms with Crippen molar-refractivity contribution in [3.63, 3.8) is 0 Å². The van der Waals surface area contributed by atoms with Gasteiger partial charge in [-0.1, -0.05) is 32.0 Å². The van der Waals surface area contributed by atoms with Crippen molar-refractivity contribution in [2.45, 2.75) is 32.6 Å². The summed E-state index contributed by atoms with van der Waals surface area (Å²) in [7, 11) is 1.87. The van der Waals surface area contributed by atoms with E-state index in [-0.39, 0.29) is 11.3 Å². The average molecular weight is 478 g/mol. The smallest absolute Gasteiger partial charge is 0.225 e. The number of hydrogen-bond donors (Lipinski definition) is 3. The van der Waals surface area contributed by atoms with Crippen molar-refractivity contribution in [2.24, 2.45) is 7.05 Å². The second kappa shape index (κ2) is 7.78. The Hall–Kier alpha value is -4.46. The first-order chi connectivity index (χ1) is 17.2. The van der Waals surface area contributed by atoms with Gasteiger partial charge in [-0.3, -0.25) is 9.48 Å². The molecule has 2 aromatic heterocycles. The fourth-order valence-corrected chi connectivity index (χ4v) is 5.03. The fraction of sp³-hybridized carbons (Fsp3) is 0.214. The predicted octanol–water partition coefficient (Wildman–Crippen LogP) is 5.44. The summed E-state index contributed by atoms with van der Waals surface area (Å²) in [5.41, 5.74) is 12.4. The van der Waals surface area contributed by atoms with Gasteiger partial charge >= 0.3 is 0 Å². The van der Waals surface area contributed by atoms with Crippen LogP contribution in [0.4, 0.5) is 23.0 Å². The number of nitrogens with two attached hydrogens (primary N) is 1. The van der Waals surface area contributed by atoms with Gasteiger partial charge in [-0.15, -0.1) is 0 Å². The SMILES string of the molecule is Cc1ccc2c(Nc3ccc4c(c3)NC(=O)CC4(C)C)nc(-c3ccc4c(N)nn(C)c4c3)nc2c1. The number of aryl methyl sites for hydroxylation is 2. The van der Waals surface area contributed by atoms with Crippen molar-refractivity contribution >= 4 is 50.7 Å². The molecule has 0 saturated carbocycles. The minimum absolute atomic E-state index is 0.0288. The maximum absolute atomic E-state index is 12.3. The van der Waals surface area contributed by atoms with Gasteiger partial charge in [0.15, 0.2) is 11.6 Å². The number of aromatic nitrogens is 4. The minimum Gasteiger partial charge on any atom is -0.382 e. The first-order valence-electron chi connectivity index (χ1n) is 11.9. The first-order valence-corrected chi connectivity index (χ1v) is 11.9. The third-order valence-corrected chi connectivity index (χ3v) is 6.88. The van der Waals surface area contributed by atoms with E-state index in [1.165, 1.54) is 0 Å². The van der Waals surface area contributed by atoms with Gasteiger partial charge in [0.1, 0.15) is 5.82 Å². The van der Waals surface area contributed by atoms with Crippen LogP contribution in [0.3, 0.4) is 0 Å². The molecule has 0 aliphatic carbocycles. The molecule has 8 heteroatoms. The molecule has 6 rings (SSSR count). The van der Waals surface area contributed by atoms with Crippen LogP contribution < -0.4 is 16.4 Å². The highest BCUT2D eigenvalue weighted by Gasteiger charge is 2.31. The maximum atomic E-state index is 12.3. The topological polar surface area (TPSA) is 111 Å². The Morgan fingerprint density at radius 3 is 2.67 bits per heavy atom. The Labute approximate surface area is 208 Å². The molecule has 0 spiro atoms. The summed E-state index contributed by atoms with van der Waals surface area (Å²) in [5, 5.41) is 12.6. The van der Waals surface area contributed by atoms with Gasteiger partial charge in [-0.05, 0) is 54.4 Å². The third-order valence-electron chi connectivity index (χ3n) is 6.88. The molecule has 1 aliphatic rings. The number of amides is 1. The lowest BCUT2D eigenvalue weighted by Gasteiger charge is -2.32. The van der Waals surface area contributed by atoms with Crippen LogP contribution in [0.15, 0.2) is 54.6 Å². The van der Waals surface area contributed by atoms with Crippen molar-refractivity contribution < 1.29 is 4.79 Å². The molecule has 0 saturated heterocycles. The number of fused-ring (bicyclic) bond motifs is 3. The zero-order chi connectivity index (χ0) is 25.2. The van der Waals surface area contributed by atoms with Gasteiger partial charge in [0.05, 0.1) is 11.0 Å². The highest BCUT2D eigenvalue weighted by Crippen LogP contribution is 2.39. The molecule has 5 aromatic rings.